The van der Waals surface area contributed by atoms with E-state index in [0.29, 0.717) is 5.82 Å². The van der Waals surface area contributed by atoms with Gasteiger partial charge in [-0.3, -0.25) is 4.98 Å². The molecule has 0 spiro atoms. The lowest BCUT2D eigenvalue weighted by Crippen LogP contribution is -2.12. The minimum absolute atomic E-state index is 0.0541. The van der Waals surface area contributed by atoms with Crippen LogP contribution in [0.25, 0.3) is 0 Å². The highest BCUT2D eigenvalue weighted by Crippen LogP contribution is 2.19. The summed E-state index contributed by atoms with van der Waals surface area (Å²) in [6.45, 7) is 1.92. The number of aromatic nitrogens is 3. The average Bonchev–Trinajstić information content (AvgIpc) is 2.40. The number of aromatic carboxylic acids is 1. The standard InChI is InChI=1S/C12H12N4O2/c1-8(9-2-4-13-5-3-9)16-11-10(12(17)18)6-14-7-15-11/h2-8H,1H3,(H,17,18)(H,14,15,16). The summed E-state index contributed by atoms with van der Waals surface area (Å²) in [7, 11) is 0. The maximum absolute atomic E-state index is 11.0. The van der Waals surface area contributed by atoms with Crippen LogP contribution in [0.5, 0.6) is 0 Å². The lowest BCUT2D eigenvalue weighted by molar-refractivity contribution is 0.0697. The van der Waals surface area contributed by atoms with E-state index < -0.39 is 5.97 Å². The normalized spacial score (nSPS) is 11.8. The number of nitrogens with zero attached hydrogens (tertiary/aromatic N) is 3. The summed E-state index contributed by atoms with van der Waals surface area (Å²) in [5, 5.41) is 12.1. The van der Waals surface area contributed by atoms with Gasteiger partial charge in [0.25, 0.3) is 0 Å². The Kier molecular flexibility index (Phi) is 3.47. The second-order valence-electron chi connectivity index (χ2n) is 3.74. The summed E-state index contributed by atoms with van der Waals surface area (Å²) in [6, 6.07) is 3.65. The van der Waals surface area contributed by atoms with Crippen molar-refractivity contribution in [2.75, 3.05) is 5.32 Å². The van der Waals surface area contributed by atoms with E-state index >= 15 is 0 Å². The van der Waals surface area contributed by atoms with Crippen LogP contribution in [-0.2, 0) is 0 Å². The highest BCUT2D eigenvalue weighted by atomic mass is 16.4. The van der Waals surface area contributed by atoms with Crippen LogP contribution < -0.4 is 5.32 Å². The molecule has 0 amide bonds. The average molecular weight is 244 g/mol. The molecular formula is C12H12N4O2. The number of carbonyl (C=O) groups is 1. The van der Waals surface area contributed by atoms with Crippen LogP contribution in [0.2, 0.25) is 0 Å². The molecule has 92 valence electrons. The predicted molar refractivity (Wildman–Crippen MR) is 65.3 cm³/mol. The lowest BCUT2D eigenvalue weighted by Gasteiger charge is -2.15. The topological polar surface area (TPSA) is 88.0 Å². The van der Waals surface area contributed by atoms with Crippen molar-refractivity contribution in [2.24, 2.45) is 0 Å². The Morgan fingerprint density at radius 3 is 2.72 bits per heavy atom. The van der Waals surface area contributed by atoms with Crippen molar-refractivity contribution >= 4 is 11.8 Å². The summed E-state index contributed by atoms with van der Waals surface area (Å²) in [4.78, 5) is 22.6. The fourth-order valence-electron chi connectivity index (χ4n) is 1.54. The van der Waals surface area contributed by atoms with Crippen LogP contribution in [0.15, 0.2) is 37.1 Å². The van der Waals surface area contributed by atoms with E-state index in [-0.39, 0.29) is 11.6 Å². The summed E-state index contributed by atoms with van der Waals surface area (Å²) in [5.74, 6) is -0.748. The number of anilines is 1. The molecule has 1 unspecified atom stereocenters. The zero-order chi connectivity index (χ0) is 13.0. The van der Waals surface area contributed by atoms with Crippen molar-refractivity contribution in [3.05, 3.63) is 48.2 Å². The first-order valence-corrected chi connectivity index (χ1v) is 5.38. The minimum atomic E-state index is -1.06. The molecular weight excluding hydrogens is 232 g/mol. The van der Waals surface area contributed by atoms with E-state index in [4.69, 9.17) is 5.11 Å². The zero-order valence-electron chi connectivity index (χ0n) is 9.74. The van der Waals surface area contributed by atoms with Gasteiger partial charge in [0, 0.05) is 18.6 Å². The number of hydrogen-bond donors (Lipinski definition) is 2. The van der Waals surface area contributed by atoms with Crippen LogP contribution in [0.4, 0.5) is 5.82 Å². The summed E-state index contributed by atoms with van der Waals surface area (Å²) >= 11 is 0. The quantitative estimate of drug-likeness (QED) is 0.851. The summed E-state index contributed by atoms with van der Waals surface area (Å²) in [5.41, 5.74) is 1.05. The van der Waals surface area contributed by atoms with E-state index in [2.05, 4.69) is 20.3 Å². The Morgan fingerprint density at radius 1 is 1.33 bits per heavy atom. The Labute approximate surface area is 104 Å². The Balaban J connectivity index is 2.22. The highest BCUT2D eigenvalue weighted by molar-refractivity contribution is 5.92. The molecule has 2 heterocycles. The molecule has 2 N–H and O–H groups in total. The van der Waals surface area contributed by atoms with E-state index in [1.807, 2.05) is 19.1 Å². The highest BCUT2D eigenvalue weighted by Gasteiger charge is 2.14. The Hall–Kier alpha value is -2.50. The minimum Gasteiger partial charge on any atom is -0.477 e. The van der Waals surface area contributed by atoms with Crippen molar-refractivity contribution in [2.45, 2.75) is 13.0 Å². The van der Waals surface area contributed by atoms with Crippen LogP contribution in [0.1, 0.15) is 28.9 Å². The van der Waals surface area contributed by atoms with Gasteiger partial charge in [-0.15, -0.1) is 0 Å². The molecule has 0 saturated heterocycles. The molecule has 1 atom stereocenters. The van der Waals surface area contributed by atoms with Gasteiger partial charge in [-0.25, -0.2) is 14.8 Å². The van der Waals surface area contributed by atoms with Gasteiger partial charge in [-0.2, -0.15) is 0 Å². The van der Waals surface area contributed by atoms with Crippen LogP contribution in [0.3, 0.4) is 0 Å². The molecule has 2 aromatic rings. The van der Waals surface area contributed by atoms with Gasteiger partial charge in [-0.1, -0.05) is 0 Å². The van der Waals surface area contributed by atoms with Crippen LogP contribution in [-0.4, -0.2) is 26.0 Å². The van der Waals surface area contributed by atoms with E-state index in [0.717, 1.165) is 5.56 Å². The van der Waals surface area contributed by atoms with E-state index in [1.54, 1.807) is 12.4 Å². The van der Waals surface area contributed by atoms with E-state index in [1.165, 1.54) is 12.5 Å². The maximum atomic E-state index is 11.0. The second-order valence-corrected chi connectivity index (χ2v) is 3.74. The largest absolute Gasteiger partial charge is 0.477 e. The molecule has 18 heavy (non-hydrogen) atoms. The molecule has 2 aromatic heterocycles. The fraction of sp³-hybridized carbons (Fsp3) is 0.167. The Bertz CT molecular complexity index is 545. The van der Waals surface area contributed by atoms with Gasteiger partial charge in [0.2, 0.25) is 0 Å². The van der Waals surface area contributed by atoms with Crippen LogP contribution in [0, 0.1) is 0 Å². The number of rotatable bonds is 4. The number of hydrogen-bond acceptors (Lipinski definition) is 5. The van der Waals surface area contributed by atoms with Gasteiger partial charge in [0.05, 0.1) is 6.04 Å². The third-order valence-electron chi connectivity index (χ3n) is 2.50. The smallest absolute Gasteiger partial charge is 0.341 e. The Morgan fingerprint density at radius 2 is 2.06 bits per heavy atom. The van der Waals surface area contributed by atoms with Crippen molar-refractivity contribution < 1.29 is 9.90 Å². The zero-order valence-corrected chi connectivity index (χ0v) is 9.74. The third kappa shape index (κ3) is 2.60. The first-order valence-electron chi connectivity index (χ1n) is 5.38. The molecule has 0 saturated carbocycles. The molecule has 6 heteroatoms. The number of nitrogens with one attached hydrogen (secondary N) is 1. The lowest BCUT2D eigenvalue weighted by atomic mass is 10.1. The molecule has 0 fully saturated rings. The SMILES string of the molecule is CC(Nc1ncncc1C(=O)O)c1ccncc1. The molecule has 0 bridgehead atoms. The van der Waals surface area contributed by atoms with E-state index in [9.17, 15) is 4.79 Å². The second kappa shape index (κ2) is 5.22. The molecule has 0 aromatic carbocycles. The van der Waals surface area contributed by atoms with Crippen molar-refractivity contribution in [1.29, 1.82) is 0 Å². The number of pyridine rings is 1. The molecule has 0 radical (unpaired) electrons. The first kappa shape index (κ1) is 12.0. The van der Waals surface area contributed by atoms with Crippen molar-refractivity contribution in [1.82, 2.24) is 15.0 Å². The van der Waals surface area contributed by atoms with Gasteiger partial charge in [-0.05, 0) is 24.6 Å². The number of carboxylic acid groups (broad SMARTS) is 1. The molecule has 2 rings (SSSR count). The van der Waals surface area contributed by atoms with Crippen molar-refractivity contribution in [3.8, 4) is 0 Å². The first-order chi connectivity index (χ1) is 8.68. The van der Waals surface area contributed by atoms with Gasteiger partial charge < -0.3 is 10.4 Å². The number of carboxylic acids is 1. The monoisotopic (exact) mass is 244 g/mol. The molecule has 6 nitrogen and oxygen atoms in total. The summed E-state index contributed by atoms with van der Waals surface area (Å²) < 4.78 is 0. The molecule has 0 aliphatic heterocycles. The predicted octanol–water partition coefficient (Wildman–Crippen LogP) is 1.74. The van der Waals surface area contributed by atoms with Gasteiger partial charge in [0.1, 0.15) is 17.7 Å². The van der Waals surface area contributed by atoms with Gasteiger partial charge in [0.15, 0.2) is 0 Å². The van der Waals surface area contributed by atoms with Gasteiger partial charge >= 0.3 is 5.97 Å². The van der Waals surface area contributed by atoms with Crippen molar-refractivity contribution in [3.63, 3.8) is 0 Å². The fourth-order valence-corrected chi connectivity index (χ4v) is 1.54. The maximum Gasteiger partial charge on any atom is 0.341 e. The molecule has 0 aliphatic rings. The molecule has 0 aliphatic carbocycles. The van der Waals surface area contributed by atoms with Crippen LogP contribution >= 0.6 is 0 Å². The third-order valence-corrected chi connectivity index (χ3v) is 2.50. The summed E-state index contributed by atoms with van der Waals surface area (Å²) in [6.07, 6.45) is 5.96.